The molecule has 2 rings (SSSR count). The van der Waals surface area contributed by atoms with Crippen molar-refractivity contribution >= 4 is 15.9 Å². The van der Waals surface area contributed by atoms with Gasteiger partial charge in [-0.15, -0.1) is 0 Å². The number of aromatic nitrogens is 1. The smallest absolute Gasteiger partial charge is 0.145 e. The van der Waals surface area contributed by atoms with Crippen LogP contribution in [0.1, 0.15) is 17.2 Å². The van der Waals surface area contributed by atoms with Crippen molar-refractivity contribution in [1.82, 2.24) is 4.98 Å². The number of rotatable bonds is 2. The van der Waals surface area contributed by atoms with Crippen molar-refractivity contribution in [2.75, 3.05) is 0 Å². The predicted octanol–water partition coefficient (Wildman–Crippen LogP) is 3.17. The van der Waals surface area contributed by atoms with Crippen LogP contribution in [-0.4, -0.2) is 4.98 Å². The summed E-state index contributed by atoms with van der Waals surface area (Å²) in [6.07, 6.45) is 3.06. The van der Waals surface area contributed by atoms with Gasteiger partial charge in [-0.1, -0.05) is 0 Å². The summed E-state index contributed by atoms with van der Waals surface area (Å²) < 4.78 is 27.6. The van der Waals surface area contributed by atoms with Gasteiger partial charge in [-0.05, 0) is 45.8 Å². The van der Waals surface area contributed by atoms with Crippen LogP contribution in [-0.2, 0) is 0 Å². The summed E-state index contributed by atoms with van der Waals surface area (Å²) in [5, 5.41) is 0. The minimum Gasteiger partial charge on any atom is -0.320 e. The van der Waals surface area contributed by atoms with Crippen molar-refractivity contribution in [3.63, 3.8) is 0 Å². The van der Waals surface area contributed by atoms with Gasteiger partial charge in [0, 0.05) is 18.0 Å². The first-order chi connectivity index (χ1) is 8.11. The van der Waals surface area contributed by atoms with E-state index in [-0.39, 0.29) is 10.0 Å². The van der Waals surface area contributed by atoms with Gasteiger partial charge < -0.3 is 5.73 Å². The molecule has 0 aliphatic carbocycles. The summed E-state index contributed by atoms with van der Waals surface area (Å²) in [6.45, 7) is 0. The third kappa shape index (κ3) is 2.35. The van der Waals surface area contributed by atoms with Crippen molar-refractivity contribution < 1.29 is 8.78 Å². The molecule has 17 heavy (non-hydrogen) atoms. The van der Waals surface area contributed by atoms with E-state index in [1.807, 2.05) is 0 Å². The molecule has 1 heterocycles. The lowest BCUT2D eigenvalue weighted by Crippen LogP contribution is -2.16. The van der Waals surface area contributed by atoms with Gasteiger partial charge in [-0.25, -0.2) is 8.78 Å². The van der Waals surface area contributed by atoms with Gasteiger partial charge in [0.1, 0.15) is 11.6 Å². The van der Waals surface area contributed by atoms with E-state index in [1.165, 1.54) is 24.5 Å². The molecule has 1 aromatic carbocycles. The van der Waals surface area contributed by atoms with E-state index in [2.05, 4.69) is 20.9 Å². The SMILES string of the molecule is NC(c1ccncc1)c1c(F)ccc(Br)c1F. The summed E-state index contributed by atoms with van der Waals surface area (Å²) in [5.74, 6) is -1.33. The fourth-order valence-electron chi connectivity index (χ4n) is 1.57. The number of hydrogen-bond donors (Lipinski definition) is 1. The zero-order chi connectivity index (χ0) is 12.4. The van der Waals surface area contributed by atoms with Crippen LogP contribution < -0.4 is 5.73 Å². The van der Waals surface area contributed by atoms with Gasteiger partial charge >= 0.3 is 0 Å². The number of benzene rings is 1. The maximum Gasteiger partial charge on any atom is 0.145 e. The third-order valence-corrected chi connectivity index (χ3v) is 3.07. The van der Waals surface area contributed by atoms with Crippen LogP contribution in [0.2, 0.25) is 0 Å². The lowest BCUT2D eigenvalue weighted by atomic mass is 9.99. The molecule has 0 spiro atoms. The van der Waals surface area contributed by atoms with Crippen LogP contribution in [0.5, 0.6) is 0 Å². The second kappa shape index (κ2) is 4.89. The minimum atomic E-state index is -0.851. The van der Waals surface area contributed by atoms with E-state index >= 15 is 0 Å². The van der Waals surface area contributed by atoms with E-state index in [0.29, 0.717) is 5.56 Å². The Bertz CT molecular complexity index is 532. The highest BCUT2D eigenvalue weighted by atomic mass is 79.9. The van der Waals surface area contributed by atoms with E-state index in [0.717, 1.165) is 0 Å². The molecule has 0 fully saturated rings. The molecule has 2 N–H and O–H groups in total. The Labute approximate surface area is 106 Å². The molecule has 2 nitrogen and oxygen atoms in total. The highest BCUT2D eigenvalue weighted by molar-refractivity contribution is 9.10. The number of nitrogens with zero attached hydrogens (tertiary/aromatic N) is 1. The van der Waals surface area contributed by atoms with Crippen molar-refractivity contribution in [2.45, 2.75) is 6.04 Å². The van der Waals surface area contributed by atoms with Gasteiger partial charge in [-0.3, -0.25) is 4.98 Å². The predicted molar refractivity (Wildman–Crippen MR) is 64.3 cm³/mol. The maximum absolute atomic E-state index is 13.8. The zero-order valence-corrected chi connectivity index (χ0v) is 10.3. The summed E-state index contributed by atoms with van der Waals surface area (Å²) in [5.41, 5.74) is 6.32. The van der Waals surface area contributed by atoms with E-state index < -0.39 is 17.7 Å². The normalized spacial score (nSPS) is 12.5. The summed E-state index contributed by atoms with van der Waals surface area (Å²) in [4.78, 5) is 3.83. The third-order valence-electron chi connectivity index (χ3n) is 2.46. The molecule has 1 aromatic heterocycles. The molecular weight excluding hydrogens is 290 g/mol. The number of nitrogens with two attached hydrogens (primary N) is 1. The maximum atomic E-state index is 13.8. The average Bonchev–Trinajstić information content (AvgIpc) is 2.35. The Kier molecular flexibility index (Phi) is 3.49. The standard InChI is InChI=1S/C12H9BrF2N2/c13-8-1-2-9(14)10(11(8)15)12(16)7-3-5-17-6-4-7/h1-6,12H,16H2. The van der Waals surface area contributed by atoms with Crippen LogP contribution in [0.15, 0.2) is 41.1 Å². The molecule has 0 aliphatic heterocycles. The second-order valence-corrected chi connectivity index (χ2v) is 4.37. The second-order valence-electron chi connectivity index (χ2n) is 3.52. The average molecular weight is 299 g/mol. The molecule has 0 radical (unpaired) electrons. The van der Waals surface area contributed by atoms with Gasteiger partial charge in [0.15, 0.2) is 0 Å². The topological polar surface area (TPSA) is 38.9 Å². The van der Waals surface area contributed by atoms with Gasteiger partial charge in [0.2, 0.25) is 0 Å². The fraction of sp³-hybridized carbons (Fsp3) is 0.0833. The van der Waals surface area contributed by atoms with Crippen LogP contribution in [0.4, 0.5) is 8.78 Å². The molecule has 0 amide bonds. The van der Waals surface area contributed by atoms with Crippen LogP contribution in [0.25, 0.3) is 0 Å². The van der Waals surface area contributed by atoms with Crippen molar-refractivity contribution in [2.24, 2.45) is 5.73 Å². The molecule has 0 bridgehead atoms. The Morgan fingerprint density at radius 2 is 1.76 bits per heavy atom. The van der Waals surface area contributed by atoms with Crippen LogP contribution in [0, 0.1) is 11.6 Å². The van der Waals surface area contributed by atoms with Gasteiger partial charge in [0.25, 0.3) is 0 Å². The Balaban J connectivity index is 2.51. The van der Waals surface area contributed by atoms with Crippen molar-refractivity contribution in [3.05, 3.63) is 63.9 Å². The first-order valence-electron chi connectivity index (χ1n) is 4.90. The molecule has 0 aliphatic rings. The molecule has 1 unspecified atom stereocenters. The quantitative estimate of drug-likeness (QED) is 0.865. The first-order valence-corrected chi connectivity index (χ1v) is 5.69. The van der Waals surface area contributed by atoms with E-state index in [1.54, 1.807) is 12.1 Å². The van der Waals surface area contributed by atoms with Crippen LogP contribution in [0.3, 0.4) is 0 Å². The summed E-state index contributed by atoms with van der Waals surface area (Å²) >= 11 is 3.01. The van der Waals surface area contributed by atoms with Gasteiger partial charge in [0.05, 0.1) is 10.5 Å². The monoisotopic (exact) mass is 298 g/mol. The fourth-order valence-corrected chi connectivity index (χ4v) is 1.91. The molecule has 0 saturated heterocycles. The van der Waals surface area contributed by atoms with Crippen molar-refractivity contribution in [1.29, 1.82) is 0 Å². The number of hydrogen-bond acceptors (Lipinski definition) is 2. The van der Waals surface area contributed by atoms with E-state index in [4.69, 9.17) is 5.73 Å². The highest BCUT2D eigenvalue weighted by Gasteiger charge is 2.20. The molecular formula is C12H9BrF2N2. The molecule has 1 atom stereocenters. The number of pyridine rings is 1. The number of halogens is 3. The zero-order valence-electron chi connectivity index (χ0n) is 8.70. The summed E-state index contributed by atoms with van der Waals surface area (Å²) in [7, 11) is 0. The van der Waals surface area contributed by atoms with Crippen LogP contribution >= 0.6 is 15.9 Å². The van der Waals surface area contributed by atoms with Gasteiger partial charge in [-0.2, -0.15) is 0 Å². The Hall–Kier alpha value is -1.33. The lowest BCUT2D eigenvalue weighted by Gasteiger charge is -2.14. The summed E-state index contributed by atoms with van der Waals surface area (Å²) in [6, 6.07) is 4.90. The highest BCUT2D eigenvalue weighted by Crippen LogP contribution is 2.28. The molecule has 88 valence electrons. The molecule has 5 heteroatoms. The largest absolute Gasteiger partial charge is 0.320 e. The van der Waals surface area contributed by atoms with E-state index in [9.17, 15) is 8.78 Å². The van der Waals surface area contributed by atoms with Crippen molar-refractivity contribution in [3.8, 4) is 0 Å². The Morgan fingerprint density at radius 3 is 2.41 bits per heavy atom. The lowest BCUT2D eigenvalue weighted by molar-refractivity contribution is 0.539. The minimum absolute atomic E-state index is 0.148. The first kappa shape index (κ1) is 12.1. The Morgan fingerprint density at radius 1 is 1.12 bits per heavy atom. The molecule has 2 aromatic rings. The molecule has 0 saturated carbocycles.